The number of amides is 1. The summed E-state index contributed by atoms with van der Waals surface area (Å²) in [7, 11) is 3.35. The molecule has 1 heterocycles. The first-order valence-corrected chi connectivity index (χ1v) is 6.75. The highest BCUT2D eigenvalue weighted by Gasteiger charge is 2.36. The molecule has 102 valence electrons. The number of carbonyl (C=O) groups excluding carboxylic acids is 1. The average molecular weight is 261 g/mol. The maximum atomic E-state index is 11.5. The third-order valence-electron chi connectivity index (χ3n) is 4.39. The molecule has 2 atom stereocenters. The molecule has 1 N–H and O–H groups in total. The van der Waals surface area contributed by atoms with Gasteiger partial charge in [0.1, 0.15) is 0 Å². The van der Waals surface area contributed by atoms with Gasteiger partial charge in [0.25, 0.3) is 0 Å². The number of hydrogen-bond donors (Lipinski definition) is 1. The molecule has 1 aromatic carbocycles. The lowest BCUT2D eigenvalue weighted by Crippen LogP contribution is -2.41. The second-order valence-corrected chi connectivity index (χ2v) is 5.28. The molecule has 0 radical (unpaired) electrons. The average Bonchev–Trinajstić information content (AvgIpc) is 2.45. The summed E-state index contributed by atoms with van der Waals surface area (Å²) < 4.78 is 10.9. The highest BCUT2D eigenvalue weighted by Crippen LogP contribution is 2.45. The summed E-state index contributed by atoms with van der Waals surface area (Å²) in [6.45, 7) is 0.742. The minimum atomic E-state index is 0.185. The number of nitrogens with one attached hydrogen (secondary N) is 1. The topological polar surface area (TPSA) is 47.6 Å². The normalized spacial score (nSPS) is 25.1. The summed E-state index contributed by atoms with van der Waals surface area (Å²) in [5.74, 6) is 2.72. The van der Waals surface area contributed by atoms with Gasteiger partial charge in [0.2, 0.25) is 5.91 Å². The van der Waals surface area contributed by atoms with Crippen molar-refractivity contribution in [3.8, 4) is 11.5 Å². The Bertz CT molecular complexity index is 512. The fourth-order valence-corrected chi connectivity index (χ4v) is 3.45. The number of carbonyl (C=O) groups is 1. The van der Waals surface area contributed by atoms with Gasteiger partial charge in [-0.2, -0.15) is 0 Å². The molecule has 2 aliphatic rings. The number of piperidine rings is 1. The molecule has 4 nitrogen and oxygen atoms in total. The van der Waals surface area contributed by atoms with Gasteiger partial charge in [-0.1, -0.05) is 6.07 Å². The Morgan fingerprint density at radius 2 is 2.11 bits per heavy atom. The standard InChI is InChI=1S/C15H19NO3/c1-18-13-6-5-10-11(15(13)19-2)4-3-9-7-14(17)16-8-12(9)10/h5-6,9,12H,3-4,7-8H2,1-2H3,(H,16,17)/t9-,12+/m0/s1. The van der Waals surface area contributed by atoms with E-state index in [0.29, 0.717) is 18.3 Å². The summed E-state index contributed by atoms with van der Waals surface area (Å²) in [6.07, 6.45) is 2.66. The van der Waals surface area contributed by atoms with E-state index in [0.717, 1.165) is 30.9 Å². The molecular weight excluding hydrogens is 242 g/mol. The fraction of sp³-hybridized carbons (Fsp3) is 0.533. The quantitative estimate of drug-likeness (QED) is 0.884. The Hall–Kier alpha value is -1.71. The van der Waals surface area contributed by atoms with Gasteiger partial charge in [-0.15, -0.1) is 0 Å². The lowest BCUT2D eigenvalue weighted by Gasteiger charge is -2.37. The maximum Gasteiger partial charge on any atom is 0.220 e. The molecule has 1 fully saturated rings. The van der Waals surface area contributed by atoms with Crippen LogP contribution in [0.25, 0.3) is 0 Å². The van der Waals surface area contributed by atoms with E-state index in [1.807, 2.05) is 6.07 Å². The highest BCUT2D eigenvalue weighted by atomic mass is 16.5. The van der Waals surface area contributed by atoms with E-state index in [2.05, 4.69) is 11.4 Å². The van der Waals surface area contributed by atoms with Crippen LogP contribution in [0.2, 0.25) is 0 Å². The predicted molar refractivity (Wildman–Crippen MR) is 71.7 cm³/mol. The summed E-state index contributed by atoms with van der Waals surface area (Å²) >= 11 is 0. The van der Waals surface area contributed by atoms with Crippen LogP contribution in [-0.4, -0.2) is 26.7 Å². The van der Waals surface area contributed by atoms with E-state index < -0.39 is 0 Å². The third-order valence-corrected chi connectivity index (χ3v) is 4.39. The van der Waals surface area contributed by atoms with Crippen LogP contribution in [0.4, 0.5) is 0 Å². The molecule has 4 heteroatoms. The zero-order valence-corrected chi connectivity index (χ0v) is 11.4. The van der Waals surface area contributed by atoms with Gasteiger partial charge in [-0.25, -0.2) is 0 Å². The number of fused-ring (bicyclic) bond motifs is 3. The van der Waals surface area contributed by atoms with Crippen LogP contribution in [0.3, 0.4) is 0 Å². The first kappa shape index (κ1) is 12.3. The van der Waals surface area contributed by atoms with Gasteiger partial charge < -0.3 is 14.8 Å². The van der Waals surface area contributed by atoms with Crippen LogP contribution in [-0.2, 0) is 11.2 Å². The summed E-state index contributed by atoms with van der Waals surface area (Å²) in [6, 6.07) is 4.10. The van der Waals surface area contributed by atoms with Crippen LogP contribution >= 0.6 is 0 Å². The van der Waals surface area contributed by atoms with E-state index in [1.54, 1.807) is 14.2 Å². The number of rotatable bonds is 2. The van der Waals surface area contributed by atoms with E-state index in [1.165, 1.54) is 11.1 Å². The molecule has 0 bridgehead atoms. The fourth-order valence-electron chi connectivity index (χ4n) is 3.45. The summed E-state index contributed by atoms with van der Waals surface area (Å²) in [5, 5.41) is 2.98. The number of hydrogen-bond acceptors (Lipinski definition) is 3. The SMILES string of the molecule is COc1ccc2c(c1OC)CC[C@H]1CC(=O)NC[C@@H]21. The van der Waals surface area contributed by atoms with Gasteiger partial charge >= 0.3 is 0 Å². The first-order chi connectivity index (χ1) is 9.24. The van der Waals surface area contributed by atoms with Gasteiger partial charge in [-0.05, 0) is 30.4 Å². The molecular formula is C15H19NO3. The van der Waals surface area contributed by atoms with Crippen molar-refractivity contribution in [3.05, 3.63) is 23.3 Å². The summed E-state index contributed by atoms with van der Waals surface area (Å²) in [4.78, 5) is 11.5. The minimum absolute atomic E-state index is 0.185. The van der Waals surface area contributed by atoms with Crippen molar-refractivity contribution < 1.29 is 14.3 Å². The largest absolute Gasteiger partial charge is 0.493 e. The van der Waals surface area contributed by atoms with Crippen LogP contribution in [0, 0.1) is 5.92 Å². The summed E-state index contributed by atoms with van der Waals surface area (Å²) in [5.41, 5.74) is 2.56. The van der Waals surface area contributed by atoms with Crippen molar-refractivity contribution in [2.75, 3.05) is 20.8 Å². The first-order valence-electron chi connectivity index (χ1n) is 6.75. The molecule has 0 aromatic heterocycles. The van der Waals surface area contributed by atoms with Crippen LogP contribution < -0.4 is 14.8 Å². The second kappa shape index (κ2) is 4.76. The number of methoxy groups -OCH3 is 2. The molecule has 0 saturated carbocycles. The highest BCUT2D eigenvalue weighted by molar-refractivity contribution is 5.77. The van der Waals surface area contributed by atoms with Crippen LogP contribution in [0.15, 0.2) is 12.1 Å². The molecule has 0 spiro atoms. The Kier molecular flexibility index (Phi) is 3.09. The molecule has 1 saturated heterocycles. The third kappa shape index (κ3) is 1.95. The van der Waals surface area contributed by atoms with E-state index in [9.17, 15) is 4.79 Å². The number of ether oxygens (including phenoxy) is 2. The monoisotopic (exact) mass is 261 g/mol. The molecule has 1 aromatic rings. The van der Waals surface area contributed by atoms with Crippen LogP contribution in [0.1, 0.15) is 29.9 Å². The molecule has 1 amide bonds. The molecule has 1 aliphatic heterocycles. The molecule has 1 aliphatic carbocycles. The van der Waals surface area contributed by atoms with Crippen molar-refractivity contribution in [1.29, 1.82) is 0 Å². The van der Waals surface area contributed by atoms with Crippen molar-refractivity contribution >= 4 is 5.91 Å². The van der Waals surface area contributed by atoms with E-state index in [-0.39, 0.29) is 5.91 Å². The van der Waals surface area contributed by atoms with Gasteiger partial charge in [0.05, 0.1) is 14.2 Å². The van der Waals surface area contributed by atoms with Gasteiger partial charge in [0, 0.05) is 24.4 Å². The zero-order valence-electron chi connectivity index (χ0n) is 11.4. The second-order valence-electron chi connectivity index (χ2n) is 5.28. The van der Waals surface area contributed by atoms with Crippen molar-refractivity contribution in [3.63, 3.8) is 0 Å². The van der Waals surface area contributed by atoms with Gasteiger partial charge in [0.15, 0.2) is 11.5 Å². The van der Waals surface area contributed by atoms with E-state index >= 15 is 0 Å². The van der Waals surface area contributed by atoms with Crippen molar-refractivity contribution in [2.45, 2.75) is 25.2 Å². The Balaban J connectivity index is 2.02. The van der Waals surface area contributed by atoms with E-state index in [4.69, 9.17) is 9.47 Å². The Morgan fingerprint density at radius 1 is 1.26 bits per heavy atom. The lowest BCUT2D eigenvalue weighted by molar-refractivity contribution is -0.124. The minimum Gasteiger partial charge on any atom is -0.493 e. The molecule has 3 rings (SSSR count). The maximum absolute atomic E-state index is 11.5. The van der Waals surface area contributed by atoms with Crippen LogP contribution in [0.5, 0.6) is 11.5 Å². The molecule has 19 heavy (non-hydrogen) atoms. The van der Waals surface area contributed by atoms with Crippen molar-refractivity contribution in [1.82, 2.24) is 5.32 Å². The zero-order chi connectivity index (χ0) is 13.4. The van der Waals surface area contributed by atoms with Crippen molar-refractivity contribution in [2.24, 2.45) is 5.92 Å². The smallest absolute Gasteiger partial charge is 0.220 e. The van der Waals surface area contributed by atoms with Gasteiger partial charge in [-0.3, -0.25) is 4.79 Å². The lowest BCUT2D eigenvalue weighted by atomic mass is 9.71. The Morgan fingerprint density at radius 3 is 2.84 bits per heavy atom. The predicted octanol–water partition coefficient (Wildman–Crippen LogP) is 1.87. The molecule has 0 unspecified atom stereocenters. The Labute approximate surface area is 113 Å². The number of benzene rings is 1.